The Labute approximate surface area is 264 Å². The van der Waals surface area contributed by atoms with Crippen molar-refractivity contribution in [1.82, 2.24) is 24.2 Å². The molecule has 45 heavy (non-hydrogen) atoms. The fraction of sp³-hybridized carbons (Fsp3) is 0.375. The summed E-state index contributed by atoms with van der Waals surface area (Å²) in [5, 5.41) is 4.79. The third-order valence-corrected chi connectivity index (χ3v) is 8.68. The average Bonchev–Trinajstić information content (AvgIpc) is 2.98. The van der Waals surface area contributed by atoms with Crippen molar-refractivity contribution in [3.63, 3.8) is 0 Å². The van der Waals surface area contributed by atoms with Crippen LogP contribution in [0.2, 0.25) is 0 Å². The molecule has 1 aliphatic heterocycles. The number of aromatic nitrogens is 3. The van der Waals surface area contributed by atoms with E-state index in [9.17, 15) is 13.2 Å². The van der Waals surface area contributed by atoms with Crippen molar-refractivity contribution in [3.8, 4) is 22.9 Å². The lowest BCUT2D eigenvalue weighted by atomic mass is 10.0. The number of carbonyl (C=O) groups is 1. The second-order valence-electron chi connectivity index (χ2n) is 12.1. The molecule has 1 aliphatic rings. The minimum absolute atomic E-state index is 0.0383. The van der Waals surface area contributed by atoms with Gasteiger partial charge in [-0.2, -0.15) is 12.7 Å². The normalized spacial score (nSPS) is 15.6. The van der Waals surface area contributed by atoms with Crippen LogP contribution in [0, 0.1) is 6.92 Å². The quantitative estimate of drug-likeness (QED) is 0.246. The van der Waals surface area contributed by atoms with Gasteiger partial charge in [-0.05, 0) is 70.4 Å². The number of rotatable bonds is 8. The molecule has 0 aliphatic carbocycles. The van der Waals surface area contributed by atoms with Crippen LogP contribution in [0.1, 0.15) is 39.2 Å². The maximum absolute atomic E-state index is 12.6. The Morgan fingerprint density at radius 3 is 2.58 bits per heavy atom. The Morgan fingerprint density at radius 2 is 1.82 bits per heavy atom. The molecule has 1 saturated heterocycles. The number of pyridine rings is 1. The van der Waals surface area contributed by atoms with E-state index in [1.165, 1.54) is 14.1 Å². The van der Waals surface area contributed by atoms with Crippen molar-refractivity contribution >= 4 is 38.7 Å². The Balaban J connectivity index is 1.40. The Kier molecular flexibility index (Phi) is 9.12. The Morgan fingerprint density at radius 1 is 1.02 bits per heavy atom. The lowest BCUT2D eigenvalue weighted by molar-refractivity contribution is 0.0206. The molecule has 0 saturated carbocycles. The van der Waals surface area contributed by atoms with E-state index in [2.05, 4.69) is 20.0 Å². The second-order valence-corrected chi connectivity index (χ2v) is 14.0. The van der Waals surface area contributed by atoms with Crippen LogP contribution in [-0.4, -0.2) is 77.5 Å². The van der Waals surface area contributed by atoms with Crippen LogP contribution in [-0.2, 0) is 14.9 Å². The van der Waals surface area contributed by atoms with Gasteiger partial charge in [0.1, 0.15) is 11.4 Å². The van der Waals surface area contributed by atoms with Crippen LogP contribution in [0.4, 0.5) is 16.4 Å². The number of amides is 1. The van der Waals surface area contributed by atoms with Gasteiger partial charge in [-0.15, -0.1) is 0 Å². The lowest BCUT2D eigenvalue weighted by Gasteiger charge is -2.34. The number of nitrogens with one attached hydrogen (secondary N) is 2. The molecule has 2 aromatic carbocycles. The third-order valence-electron chi connectivity index (χ3n) is 7.24. The highest BCUT2D eigenvalue weighted by Gasteiger charge is 2.28. The van der Waals surface area contributed by atoms with Gasteiger partial charge in [-0.25, -0.2) is 19.7 Å². The fourth-order valence-electron chi connectivity index (χ4n) is 5.01. The molecule has 1 unspecified atom stereocenters. The van der Waals surface area contributed by atoms with E-state index in [0.717, 1.165) is 28.1 Å². The molecular formula is C32H39N7O5S. The highest BCUT2D eigenvalue weighted by atomic mass is 32.2. The number of nitrogens with zero attached hydrogens (tertiary/aromatic N) is 5. The van der Waals surface area contributed by atoms with Crippen molar-refractivity contribution in [2.45, 2.75) is 52.2 Å². The minimum atomic E-state index is -3.71. The van der Waals surface area contributed by atoms with Crippen molar-refractivity contribution < 1.29 is 22.7 Å². The summed E-state index contributed by atoms with van der Waals surface area (Å²) in [6.07, 6.45) is 4.68. The zero-order chi connectivity index (χ0) is 32.4. The first kappa shape index (κ1) is 31.9. The Bertz CT molecular complexity index is 1810. The number of carbonyl (C=O) groups excluding carboxylic acids is 1. The molecule has 2 aromatic heterocycles. The van der Waals surface area contributed by atoms with Gasteiger partial charge in [0, 0.05) is 56.4 Å². The highest BCUT2D eigenvalue weighted by Crippen LogP contribution is 2.39. The van der Waals surface area contributed by atoms with Gasteiger partial charge < -0.3 is 19.7 Å². The molecule has 238 valence electrons. The zero-order valence-electron chi connectivity index (χ0n) is 26.4. The van der Waals surface area contributed by atoms with Gasteiger partial charge in [0.05, 0.1) is 16.9 Å². The molecule has 1 atom stereocenters. The van der Waals surface area contributed by atoms with E-state index in [4.69, 9.17) is 14.5 Å². The predicted octanol–water partition coefficient (Wildman–Crippen LogP) is 5.82. The largest absolute Gasteiger partial charge is 0.444 e. The number of hydrogen-bond donors (Lipinski definition) is 2. The van der Waals surface area contributed by atoms with E-state index in [0.29, 0.717) is 53.0 Å². The summed E-state index contributed by atoms with van der Waals surface area (Å²) >= 11 is 0. The van der Waals surface area contributed by atoms with E-state index in [-0.39, 0.29) is 12.1 Å². The molecule has 5 rings (SSSR count). The van der Waals surface area contributed by atoms with E-state index < -0.39 is 15.8 Å². The van der Waals surface area contributed by atoms with Gasteiger partial charge in [-0.3, -0.25) is 4.72 Å². The molecule has 13 heteroatoms. The second kappa shape index (κ2) is 12.9. The summed E-state index contributed by atoms with van der Waals surface area (Å²) < 4.78 is 40.9. The topological polar surface area (TPSA) is 139 Å². The minimum Gasteiger partial charge on any atom is -0.444 e. The number of anilines is 2. The van der Waals surface area contributed by atoms with E-state index in [1.54, 1.807) is 41.6 Å². The summed E-state index contributed by atoms with van der Waals surface area (Å²) in [4.78, 5) is 28.1. The molecule has 3 heterocycles. The molecule has 12 nitrogen and oxygen atoms in total. The first-order valence-electron chi connectivity index (χ1n) is 14.7. The van der Waals surface area contributed by atoms with Crippen LogP contribution in [0.25, 0.3) is 22.0 Å². The maximum atomic E-state index is 12.6. The molecular weight excluding hydrogens is 594 g/mol. The monoisotopic (exact) mass is 633 g/mol. The SMILES string of the molecule is Cc1ccc2c(NS(=O)(=O)N(C)C)cccc2c1Oc1ncccc1-c1ccnc(NC2CCCN(C(=O)OC(C)(C)C)C2)n1. The first-order valence-corrected chi connectivity index (χ1v) is 16.2. The molecule has 0 bridgehead atoms. The molecule has 2 N–H and O–H groups in total. The molecule has 0 spiro atoms. The number of aryl methyl sites for hydroxylation is 1. The number of benzene rings is 2. The average molecular weight is 634 g/mol. The Hall–Kier alpha value is -4.49. The smallest absolute Gasteiger partial charge is 0.410 e. The van der Waals surface area contributed by atoms with Crippen LogP contribution < -0.4 is 14.8 Å². The highest BCUT2D eigenvalue weighted by molar-refractivity contribution is 7.90. The van der Waals surface area contributed by atoms with Crippen molar-refractivity contribution in [1.29, 1.82) is 0 Å². The number of fused-ring (bicyclic) bond motifs is 1. The number of likely N-dealkylation sites (tertiary alicyclic amines) is 1. The van der Waals surface area contributed by atoms with Gasteiger partial charge in [-0.1, -0.05) is 24.3 Å². The first-order chi connectivity index (χ1) is 21.3. The third kappa shape index (κ3) is 7.60. The van der Waals surface area contributed by atoms with Crippen molar-refractivity contribution in [2.24, 2.45) is 0 Å². The summed E-state index contributed by atoms with van der Waals surface area (Å²) in [6.45, 7) is 8.61. The standard InChI is InChI=1S/C32H39N7O5S/c1-21-14-15-23-24(11-7-13-27(23)37-45(41,42)38(5)6)28(21)43-29-25(12-8-17-33-29)26-16-18-34-30(36-26)35-22-10-9-19-39(20-22)31(40)44-32(2,3)4/h7-8,11-18,22,37H,9-10,19-20H2,1-6H3,(H,34,35,36). The van der Waals surface area contributed by atoms with E-state index in [1.807, 2.05) is 52.0 Å². The van der Waals surface area contributed by atoms with Gasteiger partial charge in [0.15, 0.2) is 0 Å². The van der Waals surface area contributed by atoms with Crippen molar-refractivity contribution in [2.75, 3.05) is 37.2 Å². The summed E-state index contributed by atoms with van der Waals surface area (Å²) in [5.74, 6) is 1.32. The molecule has 4 aromatic rings. The molecule has 0 radical (unpaired) electrons. The summed E-state index contributed by atoms with van der Waals surface area (Å²) in [5.41, 5.74) is 1.99. The fourth-order valence-corrected chi connectivity index (χ4v) is 5.64. The van der Waals surface area contributed by atoms with Crippen LogP contribution in [0.5, 0.6) is 11.6 Å². The lowest BCUT2D eigenvalue weighted by Crippen LogP contribution is -2.47. The van der Waals surface area contributed by atoms with Gasteiger partial charge in [0.25, 0.3) is 0 Å². The summed E-state index contributed by atoms with van der Waals surface area (Å²) in [6, 6.07) is 14.5. The number of hydrogen-bond acceptors (Lipinski definition) is 9. The molecule has 1 amide bonds. The van der Waals surface area contributed by atoms with Gasteiger partial charge >= 0.3 is 16.3 Å². The summed E-state index contributed by atoms with van der Waals surface area (Å²) in [7, 11) is -0.775. The van der Waals surface area contributed by atoms with Crippen LogP contribution >= 0.6 is 0 Å². The maximum Gasteiger partial charge on any atom is 0.410 e. The predicted molar refractivity (Wildman–Crippen MR) is 175 cm³/mol. The van der Waals surface area contributed by atoms with Crippen LogP contribution in [0.15, 0.2) is 60.9 Å². The van der Waals surface area contributed by atoms with Crippen LogP contribution in [0.3, 0.4) is 0 Å². The zero-order valence-corrected chi connectivity index (χ0v) is 27.2. The number of piperidine rings is 1. The van der Waals surface area contributed by atoms with E-state index >= 15 is 0 Å². The van der Waals surface area contributed by atoms with Gasteiger partial charge in [0.2, 0.25) is 11.8 Å². The van der Waals surface area contributed by atoms with Crippen molar-refractivity contribution in [3.05, 3.63) is 66.5 Å². The number of ether oxygens (including phenoxy) is 2. The molecule has 1 fully saturated rings.